The molecule has 0 aliphatic heterocycles. The van der Waals surface area contributed by atoms with Crippen LogP contribution in [0.1, 0.15) is 0 Å². The number of benzene rings is 2. The summed E-state index contributed by atoms with van der Waals surface area (Å²) in [6, 6.07) is 15.3. The highest BCUT2D eigenvalue weighted by molar-refractivity contribution is 5.94. The SMILES string of the molecule is CN(CC(=O)Nc1ccc(OC(F)F)cc1)c1ccccc1. The van der Waals surface area contributed by atoms with Crippen molar-refractivity contribution < 1.29 is 18.3 Å². The van der Waals surface area contributed by atoms with Gasteiger partial charge in [0.25, 0.3) is 0 Å². The van der Waals surface area contributed by atoms with Gasteiger partial charge in [0.15, 0.2) is 0 Å². The maximum Gasteiger partial charge on any atom is 0.387 e. The molecular formula is C16H16F2N2O2. The van der Waals surface area contributed by atoms with Gasteiger partial charge in [0.2, 0.25) is 5.91 Å². The van der Waals surface area contributed by atoms with E-state index in [2.05, 4.69) is 10.1 Å². The van der Waals surface area contributed by atoms with Crippen LogP contribution in [0.3, 0.4) is 0 Å². The van der Waals surface area contributed by atoms with Gasteiger partial charge in [-0.05, 0) is 36.4 Å². The van der Waals surface area contributed by atoms with Crippen molar-refractivity contribution in [3.63, 3.8) is 0 Å². The van der Waals surface area contributed by atoms with Gasteiger partial charge in [0.1, 0.15) is 5.75 Å². The predicted octanol–water partition coefficient (Wildman–Crippen LogP) is 3.36. The molecule has 2 aromatic rings. The Labute approximate surface area is 127 Å². The van der Waals surface area contributed by atoms with Gasteiger partial charge in [0, 0.05) is 18.4 Å². The topological polar surface area (TPSA) is 41.6 Å². The predicted molar refractivity (Wildman–Crippen MR) is 81.4 cm³/mol. The molecule has 4 nitrogen and oxygen atoms in total. The average molecular weight is 306 g/mol. The van der Waals surface area contributed by atoms with Crippen LogP contribution in [0.2, 0.25) is 0 Å². The molecule has 1 N–H and O–H groups in total. The first-order chi connectivity index (χ1) is 10.5. The summed E-state index contributed by atoms with van der Waals surface area (Å²) in [5.41, 5.74) is 1.45. The van der Waals surface area contributed by atoms with E-state index in [9.17, 15) is 13.6 Å². The Morgan fingerprint density at radius 3 is 2.36 bits per heavy atom. The van der Waals surface area contributed by atoms with E-state index in [1.807, 2.05) is 42.3 Å². The van der Waals surface area contributed by atoms with Crippen molar-refractivity contribution in [2.75, 3.05) is 23.8 Å². The number of rotatable bonds is 6. The summed E-state index contributed by atoms with van der Waals surface area (Å²) in [6.07, 6.45) is 0. The molecule has 0 spiro atoms. The number of alkyl halides is 2. The molecule has 0 saturated carbocycles. The van der Waals surface area contributed by atoms with Crippen LogP contribution in [0.15, 0.2) is 54.6 Å². The molecule has 2 aromatic carbocycles. The summed E-state index contributed by atoms with van der Waals surface area (Å²) in [7, 11) is 1.81. The number of carbonyl (C=O) groups is 1. The van der Waals surface area contributed by atoms with Crippen molar-refractivity contribution in [1.29, 1.82) is 0 Å². The van der Waals surface area contributed by atoms with Gasteiger partial charge >= 0.3 is 6.61 Å². The zero-order chi connectivity index (χ0) is 15.9. The lowest BCUT2D eigenvalue weighted by Crippen LogP contribution is -2.29. The molecule has 0 radical (unpaired) electrons. The fourth-order valence-electron chi connectivity index (χ4n) is 1.91. The van der Waals surface area contributed by atoms with Crippen LogP contribution in [0.4, 0.5) is 20.2 Å². The first kappa shape index (κ1) is 15.8. The number of nitrogens with one attached hydrogen (secondary N) is 1. The number of amides is 1. The zero-order valence-corrected chi connectivity index (χ0v) is 12.0. The van der Waals surface area contributed by atoms with Crippen LogP contribution < -0.4 is 15.0 Å². The number of hydrogen-bond donors (Lipinski definition) is 1. The van der Waals surface area contributed by atoms with E-state index < -0.39 is 6.61 Å². The van der Waals surface area contributed by atoms with E-state index in [0.717, 1.165) is 5.69 Å². The molecule has 0 bridgehead atoms. The van der Waals surface area contributed by atoms with E-state index in [4.69, 9.17) is 0 Å². The smallest absolute Gasteiger partial charge is 0.387 e. The molecule has 0 aliphatic rings. The number of likely N-dealkylation sites (N-methyl/N-ethyl adjacent to an activating group) is 1. The second kappa shape index (κ2) is 7.40. The third kappa shape index (κ3) is 4.73. The lowest BCUT2D eigenvalue weighted by Gasteiger charge is -2.18. The first-order valence-corrected chi connectivity index (χ1v) is 6.65. The van der Waals surface area contributed by atoms with Crippen LogP contribution >= 0.6 is 0 Å². The molecule has 0 unspecified atom stereocenters. The van der Waals surface area contributed by atoms with Crippen LogP contribution in [0, 0.1) is 0 Å². The van der Waals surface area contributed by atoms with Gasteiger partial charge in [-0.25, -0.2) is 0 Å². The van der Waals surface area contributed by atoms with Gasteiger partial charge in [-0.2, -0.15) is 8.78 Å². The number of carbonyl (C=O) groups excluding carboxylic acids is 1. The van der Waals surface area contributed by atoms with Crippen molar-refractivity contribution in [1.82, 2.24) is 0 Å². The van der Waals surface area contributed by atoms with Gasteiger partial charge in [0.05, 0.1) is 6.54 Å². The molecule has 0 aliphatic carbocycles. The van der Waals surface area contributed by atoms with E-state index in [-0.39, 0.29) is 18.2 Å². The Balaban J connectivity index is 1.89. The highest BCUT2D eigenvalue weighted by Crippen LogP contribution is 2.18. The van der Waals surface area contributed by atoms with Gasteiger partial charge in [-0.3, -0.25) is 4.79 Å². The third-order valence-electron chi connectivity index (χ3n) is 2.94. The normalized spacial score (nSPS) is 10.4. The molecule has 0 atom stereocenters. The number of para-hydroxylation sites is 1. The van der Waals surface area contributed by atoms with Gasteiger partial charge < -0.3 is 15.0 Å². The maximum atomic E-state index is 12.0. The minimum atomic E-state index is -2.86. The number of ether oxygens (including phenoxy) is 1. The monoisotopic (exact) mass is 306 g/mol. The summed E-state index contributed by atoms with van der Waals surface area (Å²) in [5, 5.41) is 2.70. The van der Waals surface area contributed by atoms with Crippen molar-refractivity contribution in [2.45, 2.75) is 6.61 Å². The quantitative estimate of drug-likeness (QED) is 0.889. The second-order valence-electron chi connectivity index (χ2n) is 4.64. The molecule has 1 amide bonds. The summed E-state index contributed by atoms with van der Waals surface area (Å²) < 4.78 is 28.3. The number of halogens is 2. The van der Waals surface area contributed by atoms with Crippen LogP contribution in [-0.4, -0.2) is 26.1 Å². The number of nitrogens with zero attached hydrogens (tertiary/aromatic N) is 1. The van der Waals surface area contributed by atoms with E-state index in [1.54, 1.807) is 0 Å². The van der Waals surface area contributed by atoms with Crippen LogP contribution in [-0.2, 0) is 4.79 Å². The first-order valence-electron chi connectivity index (χ1n) is 6.65. The number of anilines is 2. The van der Waals surface area contributed by atoms with Gasteiger partial charge in [-0.1, -0.05) is 18.2 Å². The molecule has 116 valence electrons. The number of hydrogen-bond acceptors (Lipinski definition) is 3. The third-order valence-corrected chi connectivity index (χ3v) is 2.94. The molecule has 0 fully saturated rings. The maximum absolute atomic E-state index is 12.0. The summed E-state index contributed by atoms with van der Waals surface area (Å²) in [6.45, 7) is -2.68. The lowest BCUT2D eigenvalue weighted by atomic mass is 10.3. The summed E-state index contributed by atoms with van der Waals surface area (Å²) >= 11 is 0. The second-order valence-corrected chi connectivity index (χ2v) is 4.64. The Kier molecular flexibility index (Phi) is 5.30. The molecule has 22 heavy (non-hydrogen) atoms. The Bertz CT molecular complexity index is 603. The standard InChI is InChI=1S/C16H16F2N2O2/c1-20(13-5-3-2-4-6-13)11-15(21)19-12-7-9-14(10-8-12)22-16(17)18/h2-10,16H,11H2,1H3,(H,19,21). The van der Waals surface area contributed by atoms with Gasteiger partial charge in [-0.15, -0.1) is 0 Å². The zero-order valence-electron chi connectivity index (χ0n) is 12.0. The van der Waals surface area contributed by atoms with Crippen molar-refractivity contribution in [3.8, 4) is 5.75 Å². The van der Waals surface area contributed by atoms with E-state index >= 15 is 0 Å². The van der Waals surface area contributed by atoms with Crippen molar-refractivity contribution in [2.24, 2.45) is 0 Å². The highest BCUT2D eigenvalue weighted by Gasteiger charge is 2.08. The van der Waals surface area contributed by atoms with Crippen LogP contribution in [0.25, 0.3) is 0 Å². The molecule has 0 heterocycles. The Hall–Kier alpha value is -2.63. The summed E-state index contributed by atoms with van der Waals surface area (Å²) in [5.74, 6) is -0.150. The lowest BCUT2D eigenvalue weighted by molar-refractivity contribution is -0.114. The fourth-order valence-corrected chi connectivity index (χ4v) is 1.91. The summed E-state index contributed by atoms with van der Waals surface area (Å²) in [4.78, 5) is 13.8. The van der Waals surface area contributed by atoms with E-state index in [1.165, 1.54) is 24.3 Å². The molecule has 6 heteroatoms. The van der Waals surface area contributed by atoms with E-state index in [0.29, 0.717) is 5.69 Å². The van der Waals surface area contributed by atoms with Crippen molar-refractivity contribution in [3.05, 3.63) is 54.6 Å². The molecule has 2 rings (SSSR count). The Morgan fingerprint density at radius 1 is 1.14 bits per heavy atom. The molecule has 0 saturated heterocycles. The minimum Gasteiger partial charge on any atom is -0.435 e. The largest absolute Gasteiger partial charge is 0.435 e. The molecular weight excluding hydrogens is 290 g/mol. The average Bonchev–Trinajstić information content (AvgIpc) is 2.49. The molecule has 0 aromatic heterocycles. The van der Waals surface area contributed by atoms with Crippen LogP contribution in [0.5, 0.6) is 5.75 Å². The minimum absolute atomic E-state index is 0.0504. The Morgan fingerprint density at radius 2 is 1.77 bits per heavy atom. The van der Waals surface area contributed by atoms with Crippen molar-refractivity contribution >= 4 is 17.3 Å². The highest BCUT2D eigenvalue weighted by atomic mass is 19.3. The fraction of sp³-hybridized carbons (Fsp3) is 0.188.